The van der Waals surface area contributed by atoms with Gasteiger partial charge in [-0.2, -0.15) is 0 Å². The van der Waals surface area contributed by atoms with E-state index in [0.717, 1.165) is 18.6 Å². The molecule has 8 heteroatoms. The lowest BCUT2D eigenvalue weighted by atomic mass is 9.84. The Morgan fingerprint density at radius 2 is 2.23 bits per heavy atom. The quantitative estimate of drug-likeness (QED) is 0.302. The minimum Gasteiger partial charge on any atom is -0.491 e. The van der Waals surface area contributed by atoms with Gasteiger partial charge in [-0.1, -0.05) is 6.07 Å². The molecule has 26 heavy (non-hydrogen) atoms. The molecule has 0 amide bonds. The molecule has 3 N–H and O–H groups in total. The first kappa shape index (κ1) is 22.9. The van der Waals surface area contributed by atoms with Crippen molar-refractivity contribution in [2.24, 2.45) is 10.4 Å². The normalized spacial score (nSPS) is 19.8. The van der Waals surface area contributed by atoms with Crippen LogP contribution in [0.2, 0.25) is 0 Å². The van der Waals surface area contributed by atoms with Crippen molar-refractivity contribution in [3.8, 4) is 5.75 Å². The predicted molar refractivity (Wildman–Crippen MR) is 111 cm³/mol. The summed E-state index contributed by atoms with van der Waals surface area (Å²) in [7, 11) is 1.69. The van der Waals surface area contributed by atoms with Crippen molar-refractivity contribution in [3.63, 3.8) is 0 Å². The fraction of sp³-hybridized carbons (Fsp3) is 0.611. The Balaban J connectivity index is 0.00000338. The van der Waals surface area contributed by atoms with E-state index in [9.17, 15) is 9.50 Å². The van der Waals surface area contributed by atoms with Crippen molar-refractivity contribution < 1.29 is 19.0 Å². The van der Waals surface area contributed by atoms with Crippen LogP contribution in [-0.2, 0) is 11.3 Å². The van der Waals surface area contributed by atoms with Crippen molar-refractivity contribution in [1.82, 2.24) is 10.6 Å². The van der Waals surface area contributed by atoms with Gasteiger partial charge in [-0.3, -0.25) is 4.99 Å². The number of nitrogens with one attached hydrogen (secondary N) is 2. The number of aliphatic hydroxyl groups is 1. The van der Waals surface area contributed by atoms with Gasteiger partial charge in [0.1, 0.15) is 0 Å². The molecule has 0 saturated carbocycles. The van der Waals surface area contributed by atoms with Crippen LogP contribution < -0.4 is 15.4 Å². The van der Waals surface area contributed by atoms with Crippen LogP contribution >= 0.6 is 24.0 Å². The van der Waals surface area contributed by atoms with Crippen LogP contribution in [0.15, 0.2) is 23.2 Å². The Morgan fingerprint density at radius 1 is 1.42 bits per heavy atom. The molecule has 0 spiro atoms. The molecule has 1 aliphatic heterocycles. The van der Waals surface area contributed by atoms with Gasteiger partial charge in [-0.15, -0.1) is 24.0 Å². The number of guanidine groups is 1. The molecule has 1 unspecified atom stereocenters. The Morgan fingerprint density at radius 3 is 2.81 bits per heavy atom. The van der Waals surface area contributed by atoms with Crippen LogP contribution in [-0.4, -0.2) is 51.1 Å². The average Bonchev–Trinajstić information content (AvgIpc) is 3.06. The standard InChI is InChI=1S/C18H28FN3O3.HI/c1-3-25-16-5-4-14(10-15(16)19)11-21-17(20-2)22-12-18(6-8-23)7-9-24-13-18;/h4-5,10,23H,3,6-9,11-13H2,1-2H3,(H2,20,21,22);1H. The topological polar surface area (TPSA) is 75.1 Å². The second kappa shape index (κ2) is 11.6. The monoisotopic (exact) mass is 481 g/mol. The van der Waals surface area contributed by atoms with E-state index >= 15 is 0 Å². The predicted octanol–water partition coefficient (Wildman–Crippen LogP) is 2.30. The first-order valence-electron chi connectivity index (χ1n) is 8.67. The number of aliphatic imine (C=N–C) groups is 1. The highest BCUT2D eigenvalue weighted by Crippen LogP contribution is 2.31. The lowest BCUT2D eigenvalue weighted by Crippen LogP contribution is -2.44. The Labute approximate surface area is 171 Å². The lowest BCUT2D eigenvalue weighted by Gasteiger charge is -2.27. The van der Waals surface area contributed by atoms with Gasteiger partial charge in [0.2, 0.25) is 0 Å². The Kier molecular flexibility index (Phi) is 10.2. The zero-order valence-electron chi connectivity index (χ0n) is 15.4. The molecular weight excluding hydrogens is 452 g/mol. The first-order valence-corrected chi connectivity index (χ1v) is 8.67. The number of rotatable bonds is 8. The number of hydrogen-bond acceptors (Lipinski definition) is 4. The highest BCUT2D eigenvalue weighted by Gasteiger charge is 2.34. The summed E-state index contributed by atoms with van der Waals surface area (Å²) in [6, 6.07) is 4.92. The SMILES string of the molecule is CCOc1ccc(CNC(=NC)NCC2(CCO)CCOC2)cc1F.I. The van der Waals surface area contributed by atoms with E-state index in [1.165, 1.54) is 6.07 Å². The molecule has 1 fully saturated rings. The zero-order valence-corrected chi connectivity index (χ0v) is 17.7. The maximum Gasteiger partial charge on any atom is 0.191 e. The van der Waals surface area contributed by atoms with E-state index in [2.05, 4.69) is 15.6 Å². The second-order valence-corrected chi connectivity index (χ2v) is 6.25. The molecule has 0 aromatic heterocycles. The molecule has 0 radical (unpaired) electrons. The summed E-state index contributed by atoms with van der Waals surface area (Å²) in [4.78, 5) is 4.20. The molecule has 148 valence electrons. The van der Waals surface area contributed by atoms with Crippen molar-refractivity contribution in [2.45, 2.75) is 26.3 Å². The van der Waals surface area contributed by atoms with Crippen molar-refractivity contribution in [3.05, 3.63) is 29.6 Å². The van der Waals surface area contributed by atoms with Crippen molar-refractivity contribution >= 4 is 29.9 Å². The average molecular weight is 481 g/mol. The van der Waals surface area contributed by atoms with Crippen molar-refractivity contribution in [2.75, 3.05) is 40.0 Å². The lowest BCUT2D eigenvalue weighted by molar-refractivity contribution is 0.127. The molecule has 1 aromatic rings. The number of nitrogens with zero attached hydrogens (tertiary/aromatic N) is 1. The summed E-state index contributed by atoms with van der Waals surface area (Å²) in [6.07, 6.45) is 1.61. The molecule has 1 aromatic carbocycles. The molecular formula is C18H29FIN3O3. The zero-order chi connectivity index (χ0) is 18.1. The molecule has 6 nitrogen and oxygen atoms in total. The molecule has 0 aliphatic carbocycles. The molecule has 1 aliphatic rings. The fourth-order valence-corrected chi connectivity index (χ4v) is 2.92. The van der Waals surface area contributed by atoms with Crippen LogP contribution in [0.25, 0.3) is 0 Å². The van der Waals surface area contributed by atoms with Gasteiger partial charge in [-0.05, 0) is 37.5 Å². The third-order valence-corrected chi connectivity index (χ3v) is 4.44. The van der Waals surface area contributed by atoms with E-state index in [-0.39, 0.29) is 47.6 Å². The van der Waals surface area contributed by atoms with Crippen LogP contribution in [0.1, 0.15) is 25.3 Å². The summed E-state index contributed by atoms with van der Waals surface area (Å²) in [5.74, 6) is 0.536. The minimum atomic E-state index is -0.367. The van der Waals surface area contributed by atoms with Gasteiger partial charge in [0.05, 0.1) is 13.2 Å². The minimum absolute atomic E-state index is 0. The van der Waals surface area contributed by atoms with Gasteiger partial charge in [0, 0.05) is 38.8 Å². The summed E-state index contributed by atoms with van der Waals surface area (Å²) < 4.78 is 24.6. The third-order valence-electron chi connectivity index (χ3n) is 4.44. The maximum atomic E-state index is 13.9. The van der Waals surface area contributed by atoms with Crippen LogP contribution in [0, 0.1) is 11.2 Å². The molecule has 1 heterocycles. The summed E-state index contributed by atoms with van der Waals surface area (Å²) >= 11 is 0. The van der Waals surface area contributed by atoms with Gasteiger partial charge in [0.15, 0.2) is 17.5 Å². The highest BCUT2D eigenvalue weighted by atomic mass is 127. The second-order valence-electron chi connectivity index (χ2n) is 6.25. The highest BCUT2D eigenvalue weighted by molar-refractivity contribution is 14.0. The van der Waals surface area contributed by atoms with Crippen LogP contribution in [0.3, 0.4) is 0 Å². The van der Waals surface area contributed by atoms with E-state index in [4.69, 9.17) is 9.47 Å². The number of benzene rings is 1. The summed E-state index contributed by atoms with van der Waals surface area (Å²) in [6.45, 7) is 4.88. The van der Waals surface area contributed by atoms with Gasteiger partial charge in [-0.25, -0.2) is 4.39 Å². The first-order chi connectivity index (χ1) is 12.1. The van der Waals surface area contributed by atoms with Crippen LogP contribution in [0.5, 0.6) is 5.75 Å². The summed E-state index contributed by atoms with van der Waals surface area (Å²) in [5, 5.41) is 15.7. The Bertz CT molecular complexity index is 581. The van der Waals surface area contributed by atoms with Gasteiger partial charge in [0.25, 0.3) is 0 Å². The molecule has 0 bridgehead atoms. The van der Waals surface area contributed by atoms with Gasteiger partial charge < -0.3 is 25.2 Å². The van der Waals surface area contributed by atoms with E-state index in [1.807, 2.05) is 13.0 Å². The summed E-state index contributed by atoms with van der Waals surface area (Å²) in [5.41, 5.74) is 0.746. The number of aliphatic hydroxyl groups excluding tert-OH is 1. The van der Waals surface area contributed by atoms with E-state index in [0.29, 0.717) is 38.7 Å². The maximum absolute atomic E-state index is 13.9. The smallest absolute Gasteiger partial charge is 0.191 e. The Hall–Kier alpha value is -1.13. The molecule has 1 saturated heterocycles. The molecule has 1 atom stereocenters. The largest absolute Gasteiger partial charge is 0.491 e. The number of hydrogen-bond donors (Lipinski definition) is 3. The van der Waals surface area contributed by atoms with Crippen molar-refractivity contribution in [1.29, 1.82) is 0 Å². The third kappa shape index (κ3) is 6.55. The van der Waals surface area contributed by atoms with E-state index in [1.54, 1.807) is 13.1 Å². The number of ether oxygens (including phenoxy) is 2. The van der Waals surface area contributed by atoms with Gasteiger partial charge >= 0.3 is 0 Å². The van der Waals surface area contributed by atoms with Crippen LogP contribution in [0.4, 0.5) is 4.39 Å². The fourth-order valence-electron chi connectivity index (χ4n) is 2.92. The molecule has 2 rings (SSSR count). The number of halogens is 2. The van der Waals surface area contributed by atoms with E-state index < -0.39 is 0 Å².